The van der Waals surface area contributed by atoms with Crippen molar-refractivity contribution in [3.63, 3.8) is 0 Å². The number of nitrogens with zero attached hydrogens (tertiary/aromatic N) is 2. The van der Waals surface area contributed by atoms with E-state index in [0.717, 1.165) is 16.1 Å². The van der Waals surface area contributed by atoms with E-state index in [1.165, 1.54) is 0 Å². The second kappa shape index (κ2) is 4.89. The Morgan fingerprint density at radius 2 is 1.93 bits per heavy atom. The number of nitrogens with one attached hydrogen (secondary N) is 1. The van der Waals surface area contributed by atoms with Crippen molar-refractivity contribution in [3.05, 3.63) is 53.0 Å². The highest BCUT2D eigenvalue weighted by atomic mass is 79.9. The molecule has 0 saturated heterocycles. The van der Waals surface area contributed by atoms with Crippen LogP contribution in [0.25, 0.3) is 0 Å². The van der Waals surface area contributed by atoms with Crippen molar-refractivity contribution < 1.29 is 0 Å². The van der Waals surface area contributed by atoms with Gasteiger partial charge in [-0.3, -0.25) is 0 Å². The van der Waals surface area contributed by atoms with Gasteiger partial charge in [0.05, 0.1) is 6.54 Å². The van der Waals surface area contributed by atoms with Crippen molar-refractivity contribution in [1.29, 1.82) is 0 Å². The summed E-state index contributed by atoms with van der Waals surface area (Å²) in [5.74, 6) is 0.772. The van der Waals surface area contributed by atoms with Crippen molar-refractivity contribution in [2.75, 3.05) is 5.32 Å². The Labute approximate surface area is 96.7 Å². The van der Waals surface area contributed by atoms with Crippen molar-refractivity contribution in [2.24, 2.45) is 0 Å². The lowest BCUT2D eigenvalue weighted by molar-refractivity contribution is 0.936. The molecule has 1 aromatic carbocycles. The zero-order chi connectivity index (χ0) is 10.5. The Morgan fingerprint density at radius 1 is 1.13 bits per heavy atom. The molecule has 0 atom stereocenters. The Bertz CT molecular complexity index is 431. The molecular formula is C11H10BrN3. The molecule has 0 aliphatic rings. The third kappa shape index (κ3) is 3.02. The molecule has 0 bridgehead atoms. The van der Waals surface area contributed by atoms with Gasteiger partial charge in [0.1, 0.15) is 10.4 Å². The first-order valence-corrected chi connectivity index (χ1v) is 5.40. The first-order chi connectivity index (χ1) is 7.34. The lowest BCUT2D eigenvalue weighted by atomic mass is 10.3. The number of hydrogen-bond acceptors (Lipinski definition) is 3. The minimum atomic E-state index is 0.628. The van der Waals surface area contributed by atoms with Gasteiger partial charge < -0.3 is 5.32 Å². The van der Waals surface area contributed by atoms with Gasteiger partial charge in [-0.05, 0) is 34.1 Å². The second-order valence-electron chi connectivity index (χ2n) is 3.02. The molecule has 0 amide bonds. The topological polar surface area (TPSA) is 37.8 Å². The van der Waals surface area contributed by atoms with Crippen LogP contribution in [0.3, 0.4) is 0 Å². The number of hydrogen-bond donors (Lipinski definition) is 1. The number of halogens is 1. The molecule has 1 heterocycles. The molecule has 0 aliphatic carbocycles. The lowest BCUT2D eigenvalue weighted by Gasteiger charge is -2.04. The number of benzene rings is 1. The van der Waals surface area contributed by atoms with Crippen LogP contribution < -0.4 is 5.32 Å². The van der Waals surface area contributed by atoms with Crippen LogP contribution in [-0.2, 0) is 6.54 Å². The molecular weight excluding hydrogens is 254 g/mol. The quantitative estimate of drug-likeness (QED) is 0.866. The maximum atomic E-state index is 4.23. The van der Waals surface area contributed by atoms with Crippen LogP contribution in [0.2, 0.25) is 0 Å². The van der Waals surface area contributed by atoms with E-state index in [2.05, 4.69) is 31.2 Å². The van der Waals surface area contributed by atoms with Crippen molar-refractivity contribution in [3.8, 4) is 0 Å². The minimum absolute atomic E-state index is 0.628. The second-order valence-corrected chi connectivity index (χ2v) is 3.83. The van der Waals surface area contributed by atoms with Gasteiger partial charge >= 0.3 is 0 Å². The van der Waals surface area contributed by atoms with Crippen LogP contribution in [0.5, 0.6) is 0 Å². The van der Waals surface area contributed by atoms with Crippen LogP contribution in [0.15, 0.2) is 47.2 Å². The summed E-state index contributed by atoms with van der Waals surface area (Å²) in [5.41, 5.74) is 1.07. The predicted molar refractivity (Wildman–Crippen MR) is 63.5 cm³/mol. The molecule has 3 nitrogen and oxygen atoms in total. The third-order valence-electron chi connectivity index (χ3n) is 1.90. The van der Waals surface area contributed by atoms with Crippen LogP contribution in [0.4, 0.5) is 5.69 Å². The van der Waals surface area contributed by atoms with E-state index in [-0.39, 0.29) is 0 Å². The van der Waals surface area contributed by atoms with Gasteiger partial charge in [0.25, 0.3) is 0 Å². The highest BCUT2D eigenvalue weighted by molar-refractivity contribution is 9.10. The fourth-order valence-corrected chi connectivity index (χ4v) is 1.52. The van der Waals surface area contributed by atoms with Gasteiger partial charge in [-0.25, -0.2) is 9.97 Å². The smallest absolute Gasteiger partial charge is 0.148 e. The fourth-order valence-electron chi connectivity index (χ4n) is 1.20. The predicted octanol–water partition coefficient (Wildman–Crippen LogP) is 2.85. The summed E-state index contributed by atoms with van der Waals surface area (Å²) in [4.78, 5) is 8.38. The molecule has 0 spiro atoms. The number of anilines is 1. The monoisotopic (exact) mass is 263 g/mol. The van der Waals surface area contributed by atoms with Crippen molar-refractivity contribution >= 4 is 21.6 Å². The first kappa shape index (κ1) is 10.1. The van der Waals surface area contributed by atoms with E-state index in [1.54, 1.807) is 6.20 Å². The zero-order valence-electron chi connectivity index (χ0n) is 8.02. The van der Waals surface area contributed by atoms with Crippen LogP contribution in [0, 0.1) is 0 Å². The van der Waals surface area contributed by atoms with Gasteiger partial charge in [-0.15, -0.1) is 0 Å². The van der Waals surface area contributed by atoms with Crippen molar-refractivity contribution in [1.82, 2.24) is 9.97 Å². The largest absolute Gasteiger partial charge is 0.378 e. The Kier molecular flexibility index (Phi) is 3.29. The zero-order valence-corrected chi connectivity index (χ0v) is 9.61. The molecule has 1 aromatic heterocycles. The number of rotatable bonds is 3. The molecule has 0 radical (unpaired) electrons. The summed E-state index contributed by atoms with van der Waals surface area (Å²) in [6.07, 6.45) is 1.74. The molecule has 0 saturated carbocycles. The summed E-state index contributed by atoms with van der Waals surface area (Å²) in [6, 6.07) is 11.8. The van der Waals surface area contributed by atoms with Crippen LogP contribution in [-0.4, -0.2) is 9.97 Å². The fraction of sp³-hybridized carbons (Fsp3) is 0.0909. The maximum Gasteiger partial charge on any atom is 0.148 e. The van der Waals surface area contributed by atoms with E-state index in [4.69, 9.17) is 0 Å². The molecule has 0 fully saturated rings. The molecule has 0 aliphatic heterocycles. The summed E-state index contributed by atoms with van der Waals surface area (Å²) >= 11 is 3.31. The van der Waals surface area contributed by atoms with E-state index in [0.29, 0.717) is 6.54 Å². The van der Waals surface area contributed by atoms with E-state index >= 15 is 0 Å². The highest BCUT2D eigenvalue weighted by Crippen LogP contribution is 2.08. The molecule has 0 unspecified atom stereocenters. The standard InChI is InChI=1S/C11H10BrN3/c12-10-6-7-13-11(15-10)8-14-9-4-2-1-3-5-9/h1-7,14H,8H2. The van der Waals surface area contributed by atoms with E-state index in [9.17, 15) is 0 Å². The highest BCUT2D eigenvalue weighted by Gasteiger charge is 1.96. The normalized spacial score (nSPS) is 9.93. The number of aromatic nitrogens is 2. The molecule has 15 heavy (non-hydrogen) atoms. The average Bonchev–Trinajstić information content (AvgIpc) is 2.28. The lowest BCUT2D eigenvalue weighted by Crippen LogP contribution is -2.03. The SMILES string of the molecule is Brc1ccnc(CNc2ccccc2)n1. The Hall–Kier alpha value is -1.42. The summed E-state index contributed by atoms with van der Waals surface area (Å²) in [5, 5.41) is 3.24. The number of para-hydroxylation sites is 1. The Morgan fingerprint density at radius 3 is 2.67 bits per heavy atom. The van der Waals surface area contributed by atoms with E-state index < -0.39 is 0 Å². The van der Waals surface area contributed by atoms with Gasteiger partial charge in [-0.1, -0.05) is 18.2 Å². The average molecular weight is 264 g/mol. The molecule has 1 N–H and O–H groups in total. The Balaban J connectivity index is 1.99. The van der Waals surface area contributed by atoms with Crippen LogP contribution >= 0.6 is 15.9 Å². The third-order valence-corrected chi connectivity index (χ3v) is 2.34. The van der Waals surface area contributed by atoms with Gasteiger partial charge in [0.2, 0.25) is 0 Å². The summed E-state index contributed by atoms with van der Waals surface area (Å²) in [7, 11) is 0. The minimum Gasteiger partial charge on any atom is -0.378 e. The van der Waals surface area contributed by atoms with Crippen LogP contribution in [0.1, 0.15) is 5.82 Å². The van der Waals surface area contributed by atoms with Gasteiger partial charge in [0.15, 0.2) is 0 Å². The molecule has 76 valence electrons. The molecule has 2 rings (SSSR count). The van der Waals surface area contributed by atoms with Crippen molar-refractivity contribution in [2.45, 2.75) is 6.54 Å². The summed E-state index contributed by atoms with van der Waals surface area (Å²) in [6.45, 7) is 0.628. The van der Waals surface area contributed by atoms with Gasteiger partial charge in [0, 0.05) is 11.9 Å². The summed E-state index contributed by atoms with van der Waals surface area (Å²) < 4.78 is 0.808. The van der Waals surface area contributed by atoms with Gasteiger partial charge in [-0.2, -0.15) is 0 Å². The first-order valence-electron chi connectivity index (χ1n) is 4.61. The maximum absolute atomic E-state index is 4.23. The van der Waals surface area contributed by atoms with E-state index in [1.807, 2.05) is 36.4 Å². The molecule has 2 aromatic rings. The molecule has 4 heteroatoms.